The zero-order valence-corrected chi connectivity index (χ0v) is 14.3. The van der Waals surface area contributed by atoms with Crippen molar-refractivity contribution >= 4 is 23.3 Å². The lowest BCUT2D eigenvalue weighted by molar-refractivity contribution is -0.145. The van der Waals surface area contributed by atoms with Crippen LogP contribution in [0.25, 0.3) is 0 Å². The quantitative estimate of drug-likeness (QED) is 0.722. The molecule has 2 rings (SSSR count). The number of rotatable bonds is 4. The summed E-state index contributed by atoms with van der Waals surface area (Å²) in [5.41, 5.74) is -0.523. The molecule has 8 heteroatoms. The van der Waals surface area contributed by atoms with Gasteiger partial charge in [-0.1, -0.05) is 24.8 Å². The molecule has 25 heavy (non-hydrogen) atoms. The van der Waals surface area contributed by atoms with Gasteiger partial charge in [0.05, 0.1) is 25.3 Å². The maximum absolute atomic E-state index is 13.3. The van der Waals surface area contributed by atoms with Crippen LogP contribution in [0.3, 0.4) is 0 Å². The third-order valence-electron chi connectivity index (χ3n) is 3.64. The Labute approximate surface area is 148 Å². The minimum absolute atomic E-state index is 0.0272. The summed E-state index contributed by atoms with van der Waals surface area (Å²) in [5.74, 6) is -0.588. The van der Waals surface area contributed by atoms with E-state index < -0.39 is 23.9 Å². The summed E-state index contributed by atoms with van der Waals surface area (Å²) in [4.78, 5) is 12.6. The highest BCUT2D eigenvalue weighted by Gasteiger charge is 2.41. The van der Waals surface area contributed by atoms with Crippen molar-refractivity contribution in [3.05, 3.63) is 53.3 Å². The molecule has 1 atom stereocenters. The number of carbonyl (C=O) groups excluding carboxylic acids is 1. The molecule has 0 saturated heterocycles. The van der Waals surface area contributed by atoms with E-state index in [4.69, 9.17) is 21.1 Å². The Bertz CT molecular complexity index is 703. The minimum atomic E-state index is -4.68. The van der Waals surface area contributed by atoms with Crippen molar-refractivity contribution in [2.24, 2.45) is 0 Å². The first kappa shape index (κ1) is 19.3. The van der Waals surface area contributed by atoms with Gasteiger partial charge in [-0.15, -0.1) is 0 Å². The summed E-state index contributed by atoms with van der Waals surface area (Å²) >= 11 is 5.93. The molecule has 1 aliphatic rings. The minimum Gasteiger partial charge on any atom is -0.466 e. The predicted octanol–water partition coefficient (Wildman–Crippen LogP) is 4.59. The van der Waals surface area contributed by atoms with Crippen LogP contribution < -0.4 is 4.90 Å². The molecular weight excluding hydrogens is 359 g/mol. The second kappa shape index (κ2) is 7.49. The van der Waals surface area contributed by atoms with Crippen LogP contribution in [0, 0.1) is 0 Å². The van der Waals surface area contributed by atoms with Gasteiger partial charge in [0.25, 0.3) is 0 Å². The lowest BCUT2D eigenvalue weighted by Gasteiger charge is -2.31. The van der Waals surface area contributed by atoms with Gasteiger partial charge in [0.1, 0.15) is 11.8 Å². The van der Waals surface area contributed by atoms with Crippen LogP contribution in [0.2, 0.25) is 5.02 Å². The van der Waals surface area contributed by atoms with Gasteiger partial charge >= 0.3 is 12.1 Å². The topological polar surface area (TPSA) is 38.8 Å². The van der Waals surface area contributed by atoms with Crippen molar-refractivity contribution in [1.82, 2.24) is 0 Å². The maximum Gasteiger partial charge on any atom is 0.431 e. The van der Waals surface area contributed by atoms with Gasteiger partial charge in [0.2, 0.25) is 0 Å². The third kappa shape index (κ3) is 4.35. The molecular formula is C17H17ClF3NO3. The average molecular weight is 376 g/mol. The predicted molar refractivity (Wildman–Crippen MR) is 88.1 cm³/mol. The molecule has 0 bridgehead atoms. The number of halogens is 4. The molecule has 0 aromatic heterocycles. The van der Waals surface area contributed by atoms with Crippen molar-refractivity contribution in [2.75, 3.05) is 11.5 Å². The Hall–Kier alpha value is -1.99. The fraction of sp³-hybridized carbons (Fsp3) is 0.353. The van der Waals surface area contributed by atoms with E-state index >= 15 is 0 Å². The number of alkyl halides is 3. The van der Waals surface area contributed by atoms with Crippen molar-refractivity contribution in [3.8, 4) is 0 Å². The number of nitrogens with zero attached hydrogens (tertiary/aromatic N) is 1. The van der Waals surface area contributed by atoms with E-state index in [1.165, 1.54) is 18.2 Å². The normalized spacial score (nSPS) is 17.7. The maximum atomic E-state index is 13.3. The van der Waals surface area contributed by atoms with Crippen LogP contribution in [-0.2, 0) is 20.9 Å². The summed E-state index contributed by atoms with van der Waals surface area (Å²) in [6.45, 7) is 8.62. The second-order valence-corrected chi connectivity index (χ2v) is 5.79. The van der Waals surface area contributed by atoms with E-state index in [0.29, 0.717) is 10.6 Å². The van der Waals surface area contributed by atoms with Crippen LogP contribution in [0.5, 0.6) is 0 Å². The number of ether oxygens (including phenoxy) is 2. The molecule has 1 aliphatic heterocycles. The lowest BCUT2D eigenvalue weighted by atomic mass is 10.1. The van der Waals surface area contributed by atoms with E-state index in [9.17, 15) is 18.0 Å². The van der Waals surface area contributed by atoms with Crippen molar-refractivity contribution < 1.29 is 27.4 Å². The average Bonchev–Trinajstić information content (AvgIpc) is 2.64. The van der Waals surface area contributed by atoms with Gasteiger partial charge in [0, 0.05) is 16.3 Å². The van der Waals surface area contributed by atoms with Crippen LogP contribution in [0.15, 0.2) is 42.8 Å². The first-order valence-electron chi connectivity index (χ1n) is 7.45. The first-order valence-corrected chi connectivity index (χ1v) is 7.83. The number of benzene rings is 1. The highest BCUT2D eigenvalue weighted by Crippen LogP contribution is 2.40. The smallest absolute Gasteiger partial charge is 0.431 e. The van der Waals surface area contributed by atoms with Gasteiger partial charge in [0.15, 0.2) is 0 Å². The fourth-order valence-electron chi connectivity index (χ4n) is 2.47. The molecule has 136 valence electrons. The highest BCUT2D eigenvalue weighted by molar-refractivity contribution is 6.30. The monoisotopic (exact) mass is 375 g/mol. The standard InChI is InChI=1S/C17H17ClF3NO3/c1-4-24-16(23)8-15-10(2)22(11(3)17(19,20)21)14-6-5-13(18)7-12(14)9-25-15/h5-7,15H,2-4,8-9H2,1H3. The lowest BCUT2D eigenvalue weighted by Crippen LogP contribution is -2.35. The number of carbonyl (C=O) groups is 1. The van der Waals surface area contributed by atoms with Gasteiger partial charge in [-0.05, 0) is 25.1 Å². The summed E-state index contributed by atoms with van der Waals surface area (Å²) in [6, 6.07) is 4.42. The molecule has 0 amide bonds. The Balaban J connectivity index is 2.44. The van der Waals surface area contributed by atoms with Gasteiger partial charge in [-0.2, -0.15) is 13.2 Å². The van der Waals surface area contributed by atoms with Gasteiger partial charge in [-0.3, -0.25) is 4.79 Å². The number of hydrogen-bond donors (Lipinski definition) is 0. The SMILES string of the molecule is C=C1C(CC(=O)OCC)OCc2cc(Cl)ccc2N1C(=C)C(F)(F)F. The Morgan fingerprint density at radius 3 is 2.76 bits per heavy atom. The molecule has 0 radical (unpaired) electrons. The van der Waals surface area contributed by atoms with Crippen molar-refractivity contribution in [2.45, 2.75) is 32.2 Å². The van der Waals surface area contributed by atoms with E-state index in [-0.39, 0.29) is 31.0 Å². The Kier molecular flexibility index (Phi) is 5.80. The molecule has 0 aliphatic carbocycles. The van der Waals surface area contributed by atoms with Gasteiger partial charge in [-0.25, -0.2) is 0 Å². The zero-order chi connectivity index (χ0) is 18.8. The summed E-state index contributed by atoms with van der Waals surface area (Å²) in [6.07, 6.45) is -5.92. The molecule has 0 saturated carbocycles. The number of esters is 1. The number of hydrogen-bond acceptors (Lipinski definition) is 4. The second-order valence-electron chi connectivity index (χ2n) is 5.35. The molecule has 1 unspecified atom stereocenters. The van der Waals surface area contributed by atoms with Crippen molar-refractivity contribution in [3.63, 3.8) is 0 Å². The summed E-state index contributed by atoms with van der Waals surface area (Å²) in [5, 5.41) is 0.356. The summed E-state index contributed by atoms with van der Waals surface area (Å²) < 4.78 is 50.3. The van der Waals surface area contributed by atoms with E-state index in [0.717, 1.165) is 4.90 Å². The molecule has 1 aromatic rings. The zero-order valence-electron chi connectivity index (χ0n) is 13.5. The number of anilines is 1. The van der Waals surface area contributed by atoms with Crippen molar-refractivity contribution in [1.29, 1.82) is 0 Å². The van der Waals surface area contributed by atoms with Crippen LogP contribution in [0.4, 0.5) is 18.9 Å². The van der Waals surface area contributed by atoms with Crippen LogP contribution >= 0.6 is 11.6 Å². The van der Waals surface area contributed by atoms with E-state index in [1.807, 2.05) is 0 Å². The third-order valence-corrected chi connectivity index (χ3v) is 3.87. The highest BCUT2D eigenvalue weighted by atomic mass is 35.5. The van der Waals surface area contributed by atoms with E-state index in [1.54, 1.807) is 6.92 Å². The molecule has 1 heterocycles. The van der Waals surface area contributed by atoms with Crippen LogP contribution in [0.1, 0.15) is 18.9 Å². The molecule has 4 nitrogen and oxygen atoms in total. The Morgan fingerprint density at radius 1 is 1.48 bits per heavy atom. The summed E-state index contributed by atoms with van der Waals surface area (Å²) in [7, 11) is 0. The van der Waals surface area contributed by atoms with Crippen LogP contribution in [-0.4, -0.2) is 24.9 Å². The molecule has 0 N–H and O–H groups in total. The molecule has 0 fully saturated rings. The van der Waals surface area contributed by atoms with Gasteiger partial charge < -0.3 is 14.4 Å². The number of allylic oxidation sites excluding steroid dienone is 1. The van der Waals surface area contributed by atoms with E-state index in [2.05, 4.69) is 13.2 Å². The fourth-order valence-corrected chi connectivity index (χ4v) is 2.66. The molecule has 1 aromatic carbocycles. The Morgan fingerprint density at radius 2 is 2.16 bits per heavy atom. The largest absolute Gasteiger partial charge is 0.466 e. The molecule has 0 spiro atoms. The number of fused-ring (bicyclic) bond motifs is 1. The first-order chi connectivity index (χ1) is 11.6.